The molecular weight excluding hydrogens is 390 g/mol. The highest BCUT2D eigenvalue weighted by atomic mass is 35.5. The number of benzene rings is 1. The van der Waals surface area contributed by atoms with E-state index in [2.05, 4.69) is 15.4 Å². The number of nitrogens with one attached hydrogen (secondary N) is 1. The molecule has 29 heavy (non-hydrogen) atoms. The van der Waals surface area contributed by atoms with Gasteiger partial charge in [-0.2, -0.15) is 5.10 Å². The van der Waals surface area contributed by atoms with E-state index in [-0.39, 0.29) is 24.2 Å². The third kappa shape index (κ3) is 4.46. The zero-order valence-electron chi connectivity index (χ0n) is 15.7. The van der Waals surface area contributed by atoms with Crippen molar-refractivity contribution in [1.29, 1.82) is 0 Å². The summed E-state index contributed by atoms with van der Waals surface area (Å²) in [5, 5.41) is 7.99. The third-order valence-corrected chi connectivity index (χ3v) is 5.09. The van der Waals surface area contributed by atoms with Crippen LogP contribution >= 0.6 is 11.6 Å². The predicted molar refractivity (Wildman–Crippen MR) is 110 cm³/mol. The van der Waals surface area contributed by atoms with Crippen LogP contribution in [0.2, 0.25) is 5.02 Å². The van der Waals surface area contributed by atoms with Crippen LogP contribution < -0.4 is 10.2 Å². The summed E-state index contributed by atoms with van der Waals surface area (Å²) in [5.74, 6) is -0.536. The lowest BCUT2D eigenvalue weighted by Crippen LogP contribution is -2.34. The Labute approximate surface area is 173 Å². The molecule has 1 saturated heterocycles. The second-order valence-electron chi connectivity index (χ2n) is 6.85. The Morgan fingerprint density at radius 3 is 2.72 bits per heavy atom. The molecule has 2 aromatic heterocycles. The average Bonchev–Trinajstić information content (AvgIpc) is 3.36. The fourth-order valence-electron chi connectivity index (χ4n) is 3.33. The number of amides is 2. The Morgan fingerprint density at radius 2 is 1.97 bits per heavy atom. The molecule has 1 atom stereocenters. The van der Waals surface area contributed by atoms with E-state index in [0.29, 0.717) is 24.7 Å². The molecule has 148 valence electrons. The number of halogens is 1. The first kappa shape index (κ1) is 19.1. The molecule has 1 unspecified atom stereocenters. The molecule has 1 N–H and O–H groups in total. The lowest BCUT2D eigenvalue weighted by Gasteiger charge is -2.16. The lowest BCUT2D eigenvalue weighted by atomic mass is 10.1. The van der Waals surface area contributed by atoms with Crippen molar-refractivity contribution in [1.82, 2.24) is 20.1 Å². The van der Waals surface area contributed by atoms with E-state index >= 15 is 0 Å². The van der Waals surface area contributed by atoms with Crippen LogP contribution in [-0.4, -0.2) is 39.7 Å². The number of hydrogen-bond donors (Lipinski definition) is 1. The largest absolute Gasteiger partial charge is 0.354 e. The Morgan fingerprint density at radius 1 is 1.14 bits per heavy atom. The smallest absolute Gasteiger partial charge is 0.227 e. The van der Waals surface area contributed by atoms with Gasteiger partial charge in [0, 0.05) is 42.6 Å². The van der Waals surface area contributed by atoms with Crippen molar-refractivity contribution in [2.24, 2.45) is 5.92 Å². The first-order valence-corrected chi connectivity index (χ1v) is 9.76. The maximum absolute atomic E-state index is 12.5. The molecule has 8 heteroatoms. The van der Waals surface area contributed by atoms with Gasteiger partial charge < -0.3 is 10.2 Å². The minimum Gasteiger partial charge on any atom is -0.354 e. The molecule has 1 aromatic carbocycles. The van der Waals surface area contributed by atoms with E-state index in [1.807, 2.05) is 30.5 Å². The summed E-state index contributed by atoms with van der Waals surface area (Å²) < 4.78 is 1.77. The third-order valence-electron chi connectivity index (χ3n) is 4.84. The summed E-state index contributed by atoms with van der Waals surface area (Å²) in [4.78, 5) is 30.7. The molecule has 0 bridgehead atoms. The fourth-order valence-corrected chi connectivity index (χ4v) is 3.45. The molecule has 7 nitrogen and oxygen atoms in total. The molecular formula is C21H20ClN5O2. The Balaban J connectivity index is 1.29. The first-order chi connectivity index (χ1) is 14.1. The van der Waals surface area contributed by atoms with Crippen LogP contribution in [0.1, 0.15) is 6.42 Å². The molecule has 0 saturated carbocycles. The highest BCUT2D eigenvalue weighted by Gasteiger charge is 2.34. The zero-order chi connectivity index (χ0) is 20.2. The molecule has 1 aliphatic rings. The van der Waals surface area contributed by atoms with Gasteiger partial charge in [0.2, 0.25) is 11.8 Å². The van der Waals surface area contributed by atoms with Gasteiger partial charge in [0.1, 0.15) is 5.69 Å². The summed E-state index contributed by atoms with van der Waals surface area (Å²) in [6.07, 6.45) is 3.79. The molecule has 0 radical (unpaired) electrons. The number of nitrogens with zero attached hydrogens (tertiary/aromatic N) is 4. The van der Waals surface area contributed by atoms with E-state index in [0.717, 1.165) is 17.1 Å². The van der Waals surface area contributed by atoms with Gasteiger partial charge in [-0.15, -0.1) is 0 Å². The van der Waals surface area contributed by atoms with Crippen LogP contribution in [0.25, 0.3) is 11.4 Å². The van der Waals surface area contributed by atoms with Crippen LogP contribution in [-0.2, 0) is 16.1 Å². The summed E-state index contributed by atoms with van der Waals surface area (Å²) in [6, 6.07) is 14.6. The van der Waals surface area contributed by atoms with E-state index in [1.54, 1.807) is 40.0 Å². The summed E-state index contributed by atoms with van der Waals surface area (Å²) >= 11 is 5.90. The van der Waals surface area contributed by atoms with E-state index in [4.69, 9.17) is 11.6 Å². The van der Waals surface area contributed by atoms with Gasteiger partial charge in [-0.1, -0.05) is 17.7 Å². The van der Waals surface area contributed by atoms with E-state index in [9.17, 15) is 9.59 Å². The highest BCUT2D eigenvalue weighted by Crippen LogP contribution is 2.26. The highest BCUT2D eigenvalue weighted by molar-refractivity contribution is 6.30. The number of anilines is 1. The average molecular weight is 410 g/mol. The first-order valence-electron chi connectivity index (χ1n) is 9.38. The lowest BCUT2D eigenvalue weighted by molar-refractivity contribution is -0.126. The van der Waals surface area contributed by atoms with Gasteiger partial charge in [-0.05, 0) is 42.5 Å². The summed E-state index contributed by atoms with van der Waals surface area (Å²) in [5.41, 5.74) is 2.35. The predicted octanol–water partition coefficient (Wildman–Crippen LogP) is 2.77. The number of rotatable bonds is 6. The van der Waals surface area contributed by atoms with Gasteiger partial charge in [-0.3, -0.25) is 19.3 Å². The monoisotopic (exact) mass is 409 g/mol. The van der Waals surface area contributed by atoms with Crippen molar-refractivity contribution in [3.63, 3.8) is 0 Å². The molecule has 0 aliphatic carbocycles. The molecule has 4 rings (SSSR count). The second kappa shape index (κ2) is 8.45. The molecule has 2 amide bonds. The molecule has 1 aliphatic heterocycles. The molecule has 1 fully saturated rings. The van der Waals surface area contributed by atoms with Gasteiger partial charge >= 0.3 is 0 Å². The van der Waals surface area contributed by atoms with Crippen molar-refractivity contribution in [2.45, 2.75) is 13.0 Å². The Kier molecular flexibility index (Phi) is 5.57. The topological polar surface area (TPSA) is 80.1 Å². The zero-order valence-corrected chi connectivity index (χ0v) is 16.4. The minimum absolute atomic E-state index is 0.0560. The van der Waals surface area contributed by atoms with E-state index in [1.165, 1.54) is 0 Å². The van der Waals surface area contributed by atoms with Crippen LogP contribution in [0.3, 0.4) is 0 Å². The molecule has 3 aromatic rings. The van der Waals surface area contributed by atoms with Crippen molar-refractivity contribution >= 4 is 29.1 Å². The number of carbonyl (C=O) groups excluding carboxylic acids is 2. The molecule has 3 heterocycles. The van der Waals surface area contributed by atoms with Crippen LogP contribution in [0.5, 0.6) is 0 Å². The fraction of sp³-hybridized carbons (Fsp3) is 0.238. The van der Waals surface area contributed by atoms with E-state index < -0.39 is 0 Å². The van der Waals surface area contributed by atoms with Gasteiger partial charge in [0.15, 0.2) is 0 Å². The Hall–Kier alpha value is -3.19. The Bertz CT molecular complexity index is 1000. The van der Waals surface area contributed by atoms with Gasteiger partial charge in [-0.25, -0.2) is 0 Å². The normalized spacial score (nSPS) is 16.2. The van der Waals surface area contributed by atoms with Crippen molar-refractivity contribution in [3.05, 3.63) is 65.9 Å². The van der Waals surface area contributed by atoms with Gasteiger partial charge in [0.05, 0.1) is 18.2 Å². The number of pyridine rings is 1. The van der Waals surface area contributed by atoms with Crippen LogP contribution in [0.4, 0.5) is 5.69 Å². The van der Waals surface area contributed by atoms with Crippen LogP contribution in [0.15, 0.2) is 60.9 Å². The van der Waals surface area contributed by atoms with Crippen molar-refractivity contribution in [3.8, 4) is 11.4 Å². The number of hydrogen-bond acceptors (Lipinski definition) is 4. The second-order valence-corrected chi connectivity index (χ2v) is 7.29. The summed E-state index contributed by atoms with van der Waals surface area (Å²) in [6.45, 7) is 1.35. The maximum atomic E-state index is 12.5. The van der Waals surface area contributed by atoms with Crippen molar-refractivity contribution < 1.29 is 9.59 Å². The van der Waals surface area contributed by atoms with Crippen molar-refractivity contribution in [2.75, 3.05) is 18.0 Å². The SMILES string of the molecule is O=C(NCCn1ccc(-c2ccccn2)n1)C1CC(=O)N(c2ccc(Cl)cc2)C1. The quantitative estimate of drug-likeness (QED) is 0.678. The summed E-state index contributed by atoms with van der Waals surface area (Å²) in [7, 11) is 0. The minimum atomic E-state index is -0.361. The standard InChI is InChI=1S/C21H20ClN5O2/c22-16-4-6-17(7-5-16)27-14-15(13-20(27)28)21(29)24-10-12-26-11-8-19(25-26)18-3-1-2-9-23-18/h1-9,11,15H,10,12-14H2,(H,24,29). The van der Waals surface area contributed by atoms with Crippen LogP contribution in [0, 0.1) is 5.92 Å². The maximum Gasteiger partial charge on any atom is 0.227 e. The molecule has 0 spiro atoms. The number of aromatic nitrogens is 3. The van der Waals surface area contributed by atoms with Gasteiger partial charge in [0.25, 0.3) is 0 Å². The number of carbonyl (C=O) groups is 2.